The zero-order chi connectivity index (χ0) is 11.7. The number of nitrogens with two attached hydrogens (primary N) is 1. The number of nitrogens with zero attached hydrogens (tertiary/aromatic N) is 1. The number of benzene rings is 1. The van der Waals surface area contributed by atoms with Gasteiger partial charge in [0.15, 0.2) is 0 Å². The maximum Gasteiger partial charge on any atom is 0.282 e. The Hall–Kier alpha value is -1.77. The highest BCUT2D eigenvalue weighted by molar-refractivity contribution is 5.73. The highest BCUT2D eigenvalue weighted by Crippen LogP contribution is 2.27. The van der Waals surface area contributed by atoms with E-state index in [-0.39, 0.29) is 6.04 Å². The van der Waals surface area contributed by atoms with Gasteiger partial charge < -0.3 is 10.5 Å². The Balaban J connectivity index is 1.76. The van der Waals surface area contributed by atoms with Crippen LogP contribution in [0.25, 0.3) is 6.08 Å². The summed E-state index contributed by atoms with van der Waals surface area (Å²) in [5.41, 5.74) is 9.77. The van der Waals surface area contributed by atoms with E-state index >= 15 is 0 Å². The number of aliphatic imine (C=N–C) groups is 1. The van der Waals surface area contributed by atoms with Crippen LogP contribution in [0.1, 0.15) is 24.0 Å². The number of ether oxygens (including phenoxy) is 1. The van der Waals surface area contributed by atoms with E-state index in [4.69, 9.17) is 10.5 Å². The number of fused-ring (bicyclic) bond motifs is 1. The lowest BCUT2D eigenvalue weighted by molar-refractivity contribution is 0.311. The van der Waals surface area contributed by atoms with Gasteiger partial charge >= 0.3 is 0 Å². The summed E-state index contributed by atoms with van der Waals surface area (Å²) < 4.78 is 5.18. The Bertz CT molecular complexity index is 491. The molecule has 1 aliphatic carbocycles. The first-order valence-corrected chi connectivity index (χ1v) is 6.05. The molecule has 1 unspecified atom stereocenters. The van der Waals surface area contributed by atoms with Gasteiger partial charge in [0.05, 0.1) is 6.04 Å². The SMILES string of the molecule is NC1=NC(CC2=Cc3ccccc3CC2)CO1. The third-order valence-electron chi connectivity index (χ3n) is 3.36. The predicted molar refractivity (Wildman–Crippen MR) is 68.7 cm³/mol. The molecular weight excluding hydrogens is 212 g/mol. The maximum atomic E-state index is 5.52. The van der Waals surface area contributed by atoms with E-state index in [0.29, 0.717) is 12.6 Å². The van der Waals surface area contributed by atoms with Crippen LogP contribution in [0.5, 0.6) is 0 Å². The van der Waals surface area contributed by atoms with Gasteiger partial charge in [-0.25, -0.2) is 4.99 Å². The van der Waals surface area contributed by atoms with Crippen molar-refractivity contribution in [3.63, 3.8) is 0 Å². The van der Waals surface area contributed by atoms with Gasteiger partial charge in [-0.2, -0.15) is 0 Å². The Morgan fingerprint density at radius 2 is 2.18 bits per heavy atom. The molecule has 3 heteroatoms. The zero-order valence-electron chi connectivity index (χ0n) is 9.73. The van der Waals surface area contributed by atoms with E-state index in [2.05, 4.69) is 35.3 Å². The quantitative estimate of drug-likeness (QED) is 0.842. The molecule has 0 fully saturated rings. The summed E-state index contributed by atoms with van der Waals surface area (Å²) in [6, 6.07) is 9.13. The number of amidine groups is 1. The van der Waals surface area contributed by atoms with Gasteiger partial charge in [0.25, 0.3) is 6.02 Å². The number of hydrogen-bond acceptors (Lipinski definition) is 3. The second kappa shape index (κ2) is 4.24. The number of aryl methyl sites for hydroxylation is 1. The van der Waals surface area contributed by atoms with Crippen LogP contribution in [-0.4, -0.2) is 18.7 Å². The molecule has 1 heterocycles. The lowest BCUT2D eigenvalue weighted by Crippen LogP contribution is -2.11. The molecular formula is C14H16N2O. The third-order valence-corrected chi connectivity index (χ3v) is 3.36. The van der Waals surface area contributed by atoms with Crippen LogP contribution in [0.2, 0.25) is 0 Å². The molecule has 0 radical (unpaired) electrons. The van der Waals surface area contributed by atoms with E-state index in [1.807, 2.05) is 0 Å². The van der Waals surface area contributed by atoms with Gasteiger partial charge in [0.2, 0.25) is 0 Å². The fourth-order valence-electron chi connectivity index (χ4n) is 2.49. The minimum atomic E-state index is 0.214. The summed E-state index contributed by atoms with van der Waals surface area (Å²) in [5, 5.41) is 0. The standard InChI is InChI=1S/C14H16N2O/c15-14-16-13(9-17-14)8-10-5-6-11-3-1-2-4-12(11)7-10/h1-4,7,13H,5-6,8-9H2,(H2,15,16). The summed E-state index contributed by atoms with van der Waals surface area (Å²) in [6.45, 7) is 0.630. The molecule has 3 rings (SSSR count). The van der Waals surface area contributed by atoms with Crippen molar-refractivity contribution in [2.24, 2.45) is 10.7 Å². The summed E-state index contributed by atoms with van der Waals surface area (Å²) in [4.78, 5) is 4.27. The molecule has 0 bridgehead atoms. The van der Waals surface area contributed by atoms with E-state index in [9.17, 15) is 0 Å². The van der Waals surface area contributed by atoms with E-state index in [1.54, 1.807) is 0 Å². The van der Waals surface area contributed by atoms with Crippen molar-refractivity contribution in [2.45, 2.75) is 25.3 Å². The number of hydrogen-bond donors (Lipinski definition) is 1. The largest absolute Gasteiger partial charge is 0.463 e. The van der Waals surface area contributed by atoms with Crippen LogP contribution in [0, 0.1) is 0 Å². The molecule has 1 aromatic carbocycles. The molecule has 0 aromatic heterocycles. The van der Waals surface area contributed by atoms with E-state index < -0.39 is 0 Å². The van der Waals surface area contributed by atoms with E-state index in [0.717, 1.165) is 19.3 Å². The average Bonchev–Trinajstić information content (AvgIpc) is 2.75. The highest BCUT2D eigenvalue weighted by Gasteiger charge is 2.19. The van der Waals surface area contributed by atoms with Crippen molar-refractivity contribution >= 4 is 12.1 Å². The molecule has 1 aliphatic heterocycles. The highest BCUT2D eigenvalue weighted by atomic mass is 16.5. The van der Waals surface area contributed by atoms with Crippen LogP contribution < -0.4 is 5.73 Å². The van der Waals surface area contributed by atoms with Crippen LogP contribution >= 0.6 is 0 Å². The summed E-state index contributed by atoms with van der Waals surface area (Å²) >= 11 is 0. The Kier molecular flexibility index (Phi) is 2.59. The lowest BCUT2D eigenvalue weighted by atomic mass is 9.89. The minimum absolute atomic E-state index is 0.214. The second-order valence-corrected chi connectivity index (χ2v) is 4.64. The Morgan fingerprint density at radius 1 is 1.29 bits per heavy atom. The monoisotopic (exact) mass is 228 g/mol. The first-order valence-electron chi connectivity index (χ1n) is 6.05. The second-order valence-electron chi connectivity index (χ2n) is 4.64. The Labute approximate surface area is 101 Å². The zero-order valence-corrected chi connectivity index (χ0v) is 9.73. The molecule has 2 N–H and O–H groups in total. The normalized spacial score (nSPS) is 22.5. The van der Waals surface area contributed by atoms with Crippen molar-refractivity contribution in [3.8, 4) is 0 Å². The predicted octanol–water partition coefficient (Wildman–Crippen LogP) is 2.12. The van der Waals surface area contributed by atoms with Gasteiger partial charge in [-0.3, -0.25) is 0 Å². The van der Waals surface area contributed by atoms with Crippen molar-refractivity contribution in [1.29, 1.82) is 0 Å². The molecule has 1 aromatic rings. The van der Waals surface area contributed by atoms with Crippen molar-refractivity contribution in [1.82, 2.24) is 0 Å². The average molecular weight is 228 g/mol. The van der Waals surface area contributed by atoms with Gasteiger partial charge in [0, 0.05) is 0 Å². The molecule has 0 spiro atoms. The van der Waals surface area contributed by atoms with Crippen molar-refractivity contribution in [3.05, 3.63) is 41.0 Å². The van der Waals surface area contributed by atoms with Crippen LogP contribution in [0.3, 0.4) is 0 Å². The fourth-order valence-corrected chi connectivity index (χ4v) is 2.49. The van der Waals surface area contributed by atoms with E-state index in [1.165, 1.54) is 16.7 Å². The first-order chi connectivity index (χ1) is 8.31. The van der Waals surface area contributed by atoms with Crippen LogP contribution in [0.15, 0.2) is 34.8 Å². The molecule has 3 nitrogen and oxygen atoms in total. The topological polar surface area (TPSA) is 47.6 Å². The molecule has 2 aliphatic rings. The lowest BCUT2D eigenvalue weighted by Gasteiger charge is -2.17. The first kappa shape index (κ1) is 10.4. The van der Waals surface area contributed by atoms with Gasteiger partial charge in [0.1, 0.15) is 6.61 Å². The summed E-state index contributed by atoms with van der Waals surface area (Å²) in [6.07, 6.45) is 5.52. The van der Waals surface area contributed by atoms with Gasteiger partial charge in [-0.1, -0.05) is 35.9 Å². The molecule has 17 heavy (non-hydrogen) atoms. The molecule has 0 saturated heterocycles. The molecule has 0 saturated carbocycles. The summed E-state index contributed by atoms with van der Waals surface area (Å²) in [7, 11) is 0. The maximum absolute atomic E-state index is 5.52. The van der Waals surface area contributed by atoms with Gasteiger partial charge in [-0.05, 0) is 30.4 Å². The van der Waals surface area contributed by atoms with Crippen LogP contribution in [0.4, 0.5) is 0 Å². The molecule has 88 valence electrons. The third kappa shape index (κ3) is 2.18. The van der Waals surface area contributed by atoms with Gasteiger partial charge in [-0.15, -0.1) is 0 Å². The van der Waals surface area contributed by atoms with Crippen molar-refractivity contribution < 1.29 is 4.74 Å². The van der Waals surface area contributed by atoms with Crippen LogP contribution in [-0.2, 0) is 11.2 Å². The smallest absolute Gasteiger partial charge is 0.282 e. The molecule has 0 amide bonds. The molecule has 1 atom stereocenters. The summed E-state index contributed by atoms with van der Waals surface area (Å²) in [5.74, 6) is 0. The minimum Gasteiger partial charge on any atom is -0.463 e. The number of rotatable bonds is 2. The van der Waals surface area contributed by atoms with Crippen molar-refractivity contribution in [2.75, 3.05) is 6.61 Å². The fraction of sp³-hybridized carbons (Fsp3) is 0.357. The Morgan fingerprint density at radius 3 is 3.00 bits per heavy atom.